The molecule has 0 radical (unpaired) electrons. The van der Waals surface area contributed by atoms with Crippen molar-refractivity contribution in [3.8, 4) is 0 Å². The van der Waals surface area contributed by atoms with Crippen LogP contribution >= 0.6 is 0 Å². The Kier molecular flexibility index (Phi) is 2.76. The van der Waals surface area contributed by atoms with Gasteiger partial charge >= 0.3 is 0 Å². The van der Waals surface area contributed by atoms with Crippen LogP contribution in [-0.2, 0) is 0 Å². The second-order valence-corrected chi connectivity index (χ2v) is 6.15. The van der Waals surface area contributed by atoms with Gasteiger partial charge in [-0.05, 0) is 37.1 Å². The van der Waals surface area contributed by atoms with Gasteiger partial charge in [0.2, 0.25) is 0 Å². The van der Waals surface area contributed by atoms with Crippen LogP contribution < -0.4 is 5.32 Å². The van der Waals surface area contributed by atoms with Gasteiger partial charge in [0.25, 0.3) is 5.91 Å². The van der Waals surface area contributed by atoms with Gasteiger partial charge in [-0.2, -0.15) is 0 Å². The zero-order valence-electron chi connectivity index (χ0n) is 12.8. The molecule has 1 N–H and O–H groups in total. The smallest absolute Gasteiger partial charge is 0.277 e. The summed E-state index contributed by atoms with van der Waals surface area (Å²) in [4.78, 5) is 12.4. The van der Waals surface area contributed by atoms with Crippen molar-refractivity contribution in [2.75, 3.05) is 5.32 Å². The molecule has 4 aromatic rings. The number of carbonyl (C=O) groups is 1. The maximum absolute atomic E-state index is 12.4. The van der Waals surface area contributed by atoms with Crippen LogP contribution in [0.15, 0.2) is 57.5 Å². The van der Waals surface area contributed by atoms with Gasteiger partial charge in [-0.1, -0.05) is 23.4 Å². The van der Waals surface area contributed by atoms with Gasteiger partial charge in [0.15, 0.2) is 5.69 Å². The van der Waals surface area contributed by atoms with Gasteiger partial charge in [-0.25, -0.2) is 0 Å². The Labute approximate surface area is 137 Å². The average molecular weight is 318 g/mol. The van der Waals surface area contributed by atoms with Gasteiger partial charge in [0.1, 0.15) is 16.9 Å². The molecule has 0 saturated heterocycles. The molecule has 24 heavy (non-hydrogen) atoms. The predicted octanol–water partition coefficient (Wildman–Crippen LogP) is 4.70. The minimum atomic E-state index is -0.266. The van der Waals surface area contributed by atoms with Gasteiger partial charge in [0.05, 0.1) is 0 Å². The number of hydrogen-bond acceptors (Lipinski definition) is 4. The van der Waals surface area contributed by atoms with Crippen LogP contribution in [0, 0.1) is 0 Å². The number of carbonyl (C=O) groups excluding carboxylic acids is 1. The molecular formula is C19H14N2O3. The predicted molar refractivity (Wildman–Crippen MR) is 90.2 cm³/mol. The van der Waals surface area contributed by atoms with Gasteiger partial charge in [-0.15, -0.1) is 0 Å². The van der Waals surface area contributed by atoms with Crippen molar-refractivity contribution in [2.45, 2.75) is 18.8 Å². The minimum Gasteiger partial charge on any atom is -0.456 e. The summed E-state index contributed by atoms with van der Waals surface area (Å²) in [5.74, 6) is 0.974. The highest BCUT2D eigenvalue weighted by Gasteiger charge is 2.28. The summed E-state index contributed by atoms with van der Waals surface area (Å²) in [6.45, 7) is 0. The molecule has 118 valence electrons. The third-order valence-electron chi connectivity index (χ3n) is 4.38. The quantitative estimate of drug-likeness (QED) is 0.594. The molecule has 1 aliphatic rings. The van der Waals surface area contributed by atoms with Crippen LogP contribution in [0.3, 0.4) is 0 Å². The minimum absolute atomic E-state index is 0.266. The van der Waals surface area contributed by atoms with E-state index >= 15 is 0 Å². The van der Waals surface area contributed by atoms with E-state index in [1.165, 1.54) is 0 Å². The fourth-order valence-corrected chi connectivity index (χ4v) is 2.96. The molecule has 0 aliphatic heterocycles. The van der Waals surface area contributed by atoms with Crippen molar-refractivity contribution in [3.63, 3.8) is 0 Å². The molecule has 0 atom stereocenters. The molecular weight excluding hydrogens is 304 g/mol. The number of anilines is 1. The Bertz CT molecular complexity index is 1070. The summed E-state index contributed by atoms with van der Waals surface area (Å²) in [5, 5.41) is 8.75. The second kappa shape index (κ2) is 4.96. The zero-order chi connectivity index (χ0) is 16.1. The van der Waals surface area contributed by atoms with E-state index in [-0.39, 0.29) is 5.91 Å². The van der Waals surface area contributed by atoms with Crippen LogP contribution in [0.25, 0.3) is 21.9 Å². The summed E-state index contributed by atoms with van der Waals surface area (Å²) in [6.07, 6.45) is 2.22. The Morgan fingerprint density at radius 3 is 2.75 bits per heavy atom. The van der Waals surface area contributed by atoms with E-state index in [4.69, 9.17) is 8.94 Å². The number of nitrogens with one attached hydrogen (secondary N) is 1. The lowest BCUT2D eigenvalue weighted by molar-refractivity contribution is 0.101. The second-order valence-electron chi connectivity index (χ2n) is 6.15. The molecule has 0 unspecified atom stereocenters. The van der Waals surface area contributed by atoms with E-state index in [1.54, 1.807) is 6.07 Å². The molecule has 1 amide bonds. The molecule has 1 aliphatic carbocycles. The number of nitrogens with zero attached hydrogens (tertiary/aromatic N) is 1. The Morgan fingerprint density at radius 2 is 1.88 bits per heavy atom. The number of amides is 1. The average Bonchev–Trinajstić information content (AvgIpc) is 3.21. The van der Waals surface area contributed by atoms with E-state index in [9.17, 15) is 4.79 Å². The van der Waals surface area contributed by atoms with Crippen LogP contribution in [0.5, 0.6) is 0 Å². The molecule has 0 bridgehead atoms. The third-order valence-corrected chi connectivity index (χ3v) is 4.38. The monoisotopic (exact) mass is 318 g/mol. The maximum atomic E-state index is 12.4. The molecule has 2 aromatic carbocycles. The third kappa shape index (κ3) is 2.17. The first-order valence-electron chi connectivity index (χ1n) is 7.97. The first kappa shape index (κ1) is 13.4. The van der Waals surface area contributed by atoms with E-state index in [2.05, 4.69) is 10.5 Å². The lowest BCUT2D eigenvalue weighted by atomic mass is 10.1. The molecule has 5 heteroatoms. The number of hydrogen-bond donors (Lipinski definition) is 1. The van der Waals surface area contributed by atoms with E-state index in [0.717, 1.165) is 40.5 Å². The molecule has 5 nitrogen and oxygen atoms in total. The van der Waals surface area contributed by atoms with Crippen molar-refractivity contribution in [3.05, 3.63) is 60.0 Å². The number of furan rings is 1. The Morgan fingerprint density at radius 1 is 1.04 bits per heavy atom. The van der Waals surface area contributed by atoms with Crippen molar-refractivity contribution in [1.29, 1.82) is 0 Å². The lowest BCUT2D eigenvalue weighted by Crippen LogP contribution is -2.12. The van der Waals surface area contributed by atoms with Crippen LogP contribution in [0.2, 0.25) is 0 Å². The summed E-state index contributed by atoms with van der Waals surface area (Å²) < 4.78 is 11.0. The number of aromatic nitrogens is 1. The Hall–Kier alpha value is -3.08. The fourth-order valence-electron chi connectivity index (χ4n) is 2.96. The summed E-state index contributed by atoms with van der Waals surface area (Å²) in [6, 6.07) is 15.2. The van der Waals surface area contributed by atoms with Crippen LogP contribution in [0.4, 0.5) is 5.69 Å². The van der Waals surface area contributed by atoms with Gasteiger partial charge < -0.3 is 14.3 Å². The standard InChI is InChI=1S/C19H14N2O3/c22-19(15-10-18(24-21-15)11-5-6-11)20-12-7-8-17-14(9-12)13-3-1-2-4-16(13)23-17/h1-4,7-11H,5-6H2,(H,20,22). The Balaban J connectivity index is 1.47. The first-order chi connectivity index (χ1) is 11.8. The highest BCUT2D eigenvalue weighted by molar-refractivity contribution is 6.08. The van der Waals surface area contributed by atoms with Crippen molar-refractivity contribution >= 4 is 33.5 Å². The summed E-state index contributed by atoms with van der Waals surface area (Å²) in [5.41, 5.74) is 2.65. The number of fused-ring (bicyclic) bond motifs is 3. The highest BCUT2D eigenvalue weighted by atomic mass is 16.5. The van der Waals surface area contributed by atoms with Gasteiger partial charge in [-0.3, -0.25) is 4.79 Å². The topological polar surface area (TPSA) is 68.3 Å². The maximum Gasteiger partial charge on any atom is 0.277 e. The van der Waals surface area contributed by atoms with E-state index < -0.39 is 0 Å². The molecule has 5 rings (SSSR count). The van der Waals surface area contributed by atoms with Crippen molar-refractivity contribution < 1.29 is 13.7 Å². The SMILES string of the molecule is O=C(Nc1ccc2oc3ccccc3c2c1)c1cc(C2CC2)on1. The van der Waals surface area contributed by atoms with Crippen LogP contribution in [0.1, 0.15) is 35.0 Å². The fraction of sp³-hybridized carbons (Fsp3) is 0.158. The zero-order valence-corrected chi connectivity index (χ0v) is 12.8. The summed E-state index contributed by atoms with van der Waals surface area (Å²) >= 11 is 0. The normalized spacial score (nSPS) is 14.3. The number of rotatable bonds is 3. The van der Waals surface area contributed by atoms with E-state index in [0.29, 0.717) is 17.3 Å². The molecule has 0 spiro atoms. The largest absolute Gasteiger partial charge is 0.456 e. The van der Waals surface area contributed by atoms with E-state index in [1.807, 2.05) is 42.5 Å². The highest BCUT2D eigenvalue weighted by Crippen LogP contribution is 2.40. The van der Waals surface area contributed by atoms with Gasteiger partial charge in [0, 0.05) is 28.4 Å². The molecule has 2 aromatic heterocycles. The first-order valence-corrected chi connectivity index (χ1v) is 7.97. The number of para-hydroxylation sites is 1. The molecule has 1 fully saturated rings. The van der Waals surface area contributed by atoms with Crippen LogP contribution in [-0.4, -0.2) is 11.1 Å². The van der Waals surface area contributed by atoms with Crippen molar-refractivity contribution in [1.82, 2.24) is 5.16 Å². The number of benzene rings is 2. The lowest BCUT2D eigenvalue weighted by Gasteiger charge is -2.02. The summed E-state index contributed by atoms with van der Waals surface area (Å²) in [7, 11) is 0. The van der Waals surface area contributed by atoms with Crippen molar-refractivity contribution in [2.24, 2.45) is 0 Å². The molecule has 1 saturated carbocycles. The molecule has 2 heterocycles.